The maximum atomic E-state index is 12.2. The van der Waals surface area contributed by atoms with Crippen molar-refractivity contribution in [3.05, 3.63) is 36.0 Å². The molecule has 2 amide bonds. The lowest BCUT2D eigenvalue weighted by molar-refractivity contribution is -0.137. The Kier molecular flexibility index (Phi) is 3.66. The number of rotatable bonds is 4. The molecular formula is C15H14N2O4S. The lowest BCUT2D eigenvalue weighted by Gasteiger charge is -2.10. The number of benzene rings is 1. The van der Waals surface area contributed by atoms with Crippen LogP contribution in [0.2, 0.25) is 0 Å². The summed E-state index contributed by atoms with van der Waals surface area (Å²) in [4.78, 5) is 35.7. The van der Waals surface area contributed by atoms with Gasteiger partial charge in [-0.3, -0.25) is 19.3 Å². The summed E-state index contributed by atoms with van der Waals surface area (Å²) in [5.41, 5.74) is 1.66. The van der Waals surface area contributed by atoms with E-state index in [-0.39, 0.29) is 17.6 Å². The van der Waals surface area contributed by atoms with Crippen molar-refractivity contribution in [2.24, 2.45) is 0 Å². The van der Waals surface area contributed by atoms with Crippen LogP contribution in [0.3, 0.4) is 0 Å². The van der Waals surface area contributed by atoms with Crippen LogP contribution >= 0.6 is 11.8 Å². The van der Waals surface area contributed by atoms with Crippen molar-refractivity contribution in [2.45, 2.75) is 18.2 Å². The van der Waals surface area contributed by atoms with E-state index in [2.05, 4.69) is 0 Å². The van der Waals surface area contributed by atoms with Crippen LogP contribution in [-0.4, -0.2) is 38.7 Å². The fraction of sp³-hybridized carbons (Fsp3) is 0.267. The van der Waals surface area contributed by atoms with Crippen molar-refractivity contribution < 1.29 is 19.5 Å². The second kappa shape index (κ2) is 5.49. The number of aliphatic carboxylic acids is 1. The summed E-state index contributed by atoms with van der Waals surface area (Å²) >= 11 is 1.01. The molecule has 6 nitrogen and oxygen atoms in total. The first-order valence-electron chi connectivity index (χ1n) is 6.77. The van der Waals surface area contributed by atoms with Crippen LogP contribution < -0.4 is 0 Å². The van der Waals surface area contributed by atoms with Crippen LogP contribution in [0.1, 0.15) is 17.2 Å². The Hall–Kier alpha value is -2.28. The number of carbonyl (C=O) groups is 3. The average molecular weight is 318 g/mol. The zero-order valence-electron chi connectivity index (χ0n) is 11.9. The minimum atomic E-state index is -0.855. The predicted molar refractivity (Wildman–Crippen MR) is 82.7 cm³/mol. The summed E-state index contributed by atoms with van der Waals surface area (Å²) in [7, 11) is 1.48. The molecule has 3 rings (SSSR count). The Bertz CT molecular complexity index is 783. The minimum Gasteiger partial charge on any atom is -0.481 e. The van der Waals surface area contributed by atoms with Crippen LogP contribution in [-0.2, 0) is 16.1 Å². The highest BCUT2D eigenvalue weighted by molar-refractivity contribution is 8.15. The molecule has 1 aliphatic heterocycles. The first-order chi connectivity index (χ1) is 10.5. The monoisotopic (exact) mass is 318 g/mol. The molecule has 22 heavy (non-hydrogen) atoms. The van der Waals surface area contributed by atoms with Crippen molar-refractivity contribution in [3.8, 4) is 0 Å². The molecule has 1 aromatic carbocycles. The third kappa shape index (κ3) is 2.37. The van der Waals surface area contributed by atoms with E-state index in [0.717, 1.165) is 33.1 Å². The molecule has 0 saturated carbocycles. The Balaban J connectivity index is 2.00. The molecule has 1 atom stereocenters. The normalized spacial score (nSPS) is 18.4. The van der Waals surface area contributed by atoms with Crippen molar-refractivity contribution in [3.63, 3.8) is 0 Å². The predicted octanol–water partition coefficient (Wildman–Crippen LogP) is 2.48. The lowest BCUT2D eigenvalue weighted by atomic mass is 10.1. The fourth-order valence-corrected chi connectivity index (χ4v) is 3.62. The highest BCUT2D eigenvalue weighted by Gasteiger charge is 2.38. The molecule has 0 bridgehead atoms. The minimum absolute atomic E-state index is 0.0341. The van der Waals surface area contributed by atoms with Gasteiger partial charge in [-0.2, -0.15) is 0 Å². The van der Waals surface area contributed by atoms with Crippen LogP contribution in [0.15, 0.2) is 30.5 Å². The molecule has 1 N–H and O–H groups in total. The fourth-order valence-electron chi connectivity index (χ4n) is 2.58. The van der Waals surface area contributed by atoms with E-state index in [1.54, 1.807) is 0 Å². The summed E-state index contributed by atoms with van der Waals surface area (Å²) in [6.45, 7) is 0.368. The van der Waals surface area contributed by atoms with Gasteiger partial charge in [0.2, 0.25) is 5.91 Å². The number of nitrogens with zero attached hydrogens (tertiary/aromatic N) is 2. The topological polar surface area (TPSA) is 79.6 Å². The largest absolute Gasteiger partial charge is 0.481 e. The SMILES string of the molecule is CN1C(=O)SC(c2cccc3c2ccn3CCC(=O)O)C1=O. The van der Waals surface area contributed by atoms with Gasteiger partial charge < -0.3 is 9.67 Å². The van der Waals surface area contributed by atoms with Crippen LogP contribution in [0.4, 0.5) is 4.79 Å². The highest BCUT2D eigenvalue weighted by Crippen LogP contribution is 2.41. The number of hydrogen-bond acceptors (Lipinski definition) is 4. The molecule has 7 heteroatoms. The number of amides is 2. The van der Waals surface area contributed by atoms with Crippen LogP contribution in [0.25, 0.3) is 10.9 Å². The molecule has 2 aromatic rings. The van der Waals surface area contributed by atoms with Gasteiger partial charge in [0.15, 0.2) is 0 Å². The second-order valence-electron chi connectivity index (χ2n) is 5.09. The van der Waals surface area contributed by atoms with Gasteiger partial charge in [0, 0.05) is 30.7 Å². The number of imide groups is 1. The molecule has 0 radical (unpaired) electrons. The third-order valence-electron chi connectivity index (χ3n) is 3.74. The van der Waals surface area contributed by atoms with Gasteiger partial charge in [-0.1, -0.05) is 12.1 Å². The molecule has 0 aliphatic carbocycles. The van der Waals surface area contributed by atoms with Gasteiger partial charge in [-0.15, -0.1) is 0 Å². The third-order valence-corrected chi connectivity index (χ3v) is 4.91. The van der Waals surface area contributed by atoms with E-state index >= 15 is 0 Å². The molecule has 1 fully saturated rings. The summed E-state index contributed by atoms with van der Waals surface area (Å²) in [5.74, 6) is -1.08. The van der Waals surface area contributed by atoms with Gasteiger partial charge in [0.25, 0.3) is 5.24 Å². The molecule has 1 aromatic heterocycles. The zero-order valence-corrected chi connectivity index (χ0v) is 12.7. The standard InChI is InChI=1S/C15H14N2O4S/c1-16-14(20)13(22-15(16)21)10-3-2-4-11-9(10)5-7-17(11)8-6-12(18)19/h2-5,7,13H,6,8H2,1H3,(H,18,19). The lowest BCUT2D eigenvalue weighted by Crippen LogP contribution is -2.24. The maximum Gasteiger partial charge on any atom is 0.305 e. The first-order valence-corrected chi connectivity index (χ1v) is 7.64. The van der Waals surface area contributed by atoms with Crippen molar-refractivity contribution >= 4 is 39.8 Å². The summed E-state index contributed by atoms with van der Waals surface area (Å²) < 4.78 is 1.85. The number of likely N-dealkylation sites (N-methyl/N-ethyl adjacent to an activating group) is 1. The second-order valence-corrected chi connectivity index (χ2v) is 6.15. The molecular weight excluding hydrogens is 304 g/mol. The van der Waals surface area contributed by atoms with Crippen molar-refractivity contribution in [2.75, 3.05) is 7.05 Å². The van der Waals surface area contributed by atoms with Crippen LogP contribution in [0, 0.1) is 0 Å². The molecule has 114 valence electrons. The van der Waals surface area contributed by atoms with E-state index in [1.807, 2.05) is 35.0 Å². The van der Waals surface area contributed by atoms with Crippen molar-refractivity contribution in [1.82, 2.24) is 9.47 Å². The Morgan fingerprint density at radius 1 is 1.32 bits per heavy atom. The number of aromatic nitrogens is 1. The quantitative estimate of drug-likeness (QED) is 0.937. The van der Waals surface area contributed by atoms with Gasteiger partial charge >= 0.3 is 5.97 Å². The summed E-state index contributed by atoms with van der Waals surface area (Å²) in [6.07, 6.45) is 1.85. The zero-order chi connectivity index (χ0) is 15.9. The maximum absolute atomic E-state index is 12.2. The van der Waals surface area contributed by atoms with E-state index in [0.29, 0.717) is 6.54 Å². The Labute approximate surface area is 130 Å². The van der Waals surface area contributed by atoms with Crippen molar-refractivity contribution in [1.29, 1.82) is 0 Å². The van der Waals surface area contributed by atoms with E-state index in [4.69, 9.17) is 5.11 Å². The Morgan fingerprint density at radius 2 is 2.09 bits per heavy atom. The number of carboxylic acids is 1. The van der Waals surface area contributed by atoms with E-state index in [1.165, 1.54) is 7.05 Å². The Morgan fingerprint density at radius 3 is 2.73 bits per heavy atom. The van der Waals surface area contributed by atoms with E-state index in [9.17, 15) is 14.4 Å². The molecule has 1 aliphatic rings. The molecule has 1 saturated heterocycles. The van der Waals surface area contributed by atoms with Crippen LogP contribution in [0.5, 0.6) is 0 Å². The summed E-state index contributed by atoms with van der Waals surface area (Å²) in [5, 5.41) is 8.89. The molecule has 0 spiro atoms. The van der Waals surface area contributed by atoms with Gasteiger partial charge in [-0.05, 0) is 29.5 Å². The number of carboxylic acid groups (broad SMARTS) is 1. The highest BCUT2D eigenvalue weighted by atomic mass is 32.2. The van der Waals surface area contributed by atoms with Gasteiger partial charge in [0.1, 0.15) is 5.25 Å². The average Bonchev–Trinajstić information content (AvgIpc) is 3.01. The molecule has 2 heterocycles. The number of carbonyl (C=O) groups excluding carboxylic acids is 2. The number of thioether (sulfide) groups is 1. The molecule has 1 unspecified atom stereocenters. The number of fused-ring (bicyclic) bond motifs is 1. The first kappa shape index (κ1) is 14.6. The van der Waals surface area contributed by atoms with Gasteiger partial charge in [0.05, 0.1) is 6.42 Å². The number of hydrogen-bond donors (Lipinski definition) is 1. The number of aryl methyl sites for hydroxylation is 1. The smallest absolute Gasteiger partial charge is 0.305 e. The van der Waals surface area contributed by atoms with E-state index < -0.39 is 11.2 Å². The van der Waals surface area contributed by atoms with Gasteiger partial charge in [-0.25, -0.2) is 0 Å². The summed E-state index contributed by atoms with van der Waals surface area (Å²) in [6, 6.07) is 7.41.